The first-order chi connectivity index (χ1) is 19.3. The second-order valence-electron chi connectivity index (χ2n) is 10.5. The third-order valence-corrected chi connectivity index (χ3v) is 7.29. The van der Waals surface area contributed by atoms with Gasteiger partial charge in [-0.25, -0.2) is 18.6 Å². The van der Waals surface area contributed by atoms with Gasteiger partial charge >= 0.3 is 6.09 Å². The highest BCUT2D eigenvalue weighted by Gasteiger charge is 2.31. The van der Waals surface area contributed by atoms with Gasteiger partial charge in [0.2, 0.25) is 0 Å². The molecule has 2 atom stereocenters. The quantitative estimate of drug-likeness (QED) is 0.417. The Kier molecular flexibility index (Phi) is 10.1. The summed E-state index contributed by atoms with van der Waals surface area (Å²) in [6, 6.07) is 6.83. The van der Waals surface area contributed by atoms with Crippen molar-refractivity contribution in [1.82, 2.24) is 20.0 Å². The Labute approximate surface area is 243 Å². The van der Waals surface area contributed by atoms with Crippen LogP contribution in [0.3, 0.4) is 0 Å². The normalized spacial score (nSPS) is 19.8. The molecule has 1 aromatic carbocycles. The number of rotatable bonds is 7. The van der Waals surface area contributed by atoms with Crippen LogP contribution in [-0.4, -0.2) is 70.5 Å². The van der Waals surface area contributed by atoms with Crippen LogP contribution in [0.1, 0.15) is 50.4 Å². The summed E-state index contributed by atoms with van der Waals surface area (Å²) in [4.78, 5) is 24.7. The van der Waals surface area contributed by atoms with Crippen molar-refractivity contribution in [2.45, 2.75) is 63.9 Å². The number of anilines is 1. The zero-order valence-corrected chi connectivity index (χ0v) is 23.9. The number of benzene rings is 1. The standard InChI is InChI=1S/C28H34F2N6O4.ClH/c1-17(2)39-28(37)35-10-7-20(8-11-35)38-16-25-33-27(40-34-25)18-3-6-26(32-14-18)36-12-9-21(24(31)15-36)22-13-19(29)4-5-23(22)30;/h3-6,13-14,17,20-21,24H,7-12,15-16,31H2,1-2H3;1H/t21-,24+;/m1./s1. The molecule has 0 aliphatic carbocycles. The van der Waals surface area contributed by atoms with Crippen LogP contribution in [-0.2, 0) is 16.1 Å². The number of pyridine rings is 1. The molecule has 2 N–H and O–H groups in total. The van der Waals surface area contributed by atoms with Gasteiger partial charge in [0.25, 0.3) is 5.89 Å². The number of carbonyl (C=O) groups excluding carboxylic acids is 1. The lowest BCUT2D eigenvalue weighted by Crippen LogP contribution is -2.48. The summed E-state index contributed by atoms with van der Waals surface area (Å²) in [7, 11) is 0. The minimum absolute atomic E-state index is 0. The van der Waals surface area contributed by atoms with E-state index >= 15 is 0 Å². The first-order valence-electron chi connectivity index (χ1n) is 13.6. The zero-order chi connectivity index (χ0) is 28.2. The molecule has 13 heteroatoms. The van der Waals surface area contributed by atoms with Gasteiger partial charge in [-0.3, -0.25) is 0 Å². The predicted molar refractivity (Wildman–Crippen MR) is 150 cm³/mol. The molecule has 222 valence electrons. The molecule has 1 amide bonds. The van der Waals surface area contributed by atoms with Gasteiger partial charge in [-0.05, 0) is 69.0 Å². The van der Waals surface area contributed by atoms with E-state index in [-0.39, 0.29) is 49.3 Å². The minimum Gasteiger partial charge on any atom is -0.447 e. The average molecular weight is 593 g/mol. The van der Waals surface area contributed by atoms with E-state index in [1.54, 1.807) is 11.1 Å². The van der Waals surface area contributed by atoms with E-state index in [4.69, 9.17) is 19.7 Å². The van der Waals surface area contributed by atoms with E-state index in [9.17, 15) is 13.6 Å². The number of hydrogen-bond acceptors (Lipinski definition) is 9. The lowest BCUT2D eigenvalue weighted by molar-refractivity contribution is -0.00899. The Bertz CT molecular complexity index is 1300. The number of nitrogens with two attached hydrogens (primary N) is 1. The zero-order valence-electron chi connectivity index (χ0n) is 23.0. The predicted octanol–water partition coefficient (Wildman–Crippen LogP) is 4.68. The minimum atomic E-state index is -0.467. The molecule has 2 saturated heterocycles. The van der Waals surface area contributed by atoms with Gasteiger partial charge in [-0.1, -0.05) is 5.16 Å². The van der Waals surface area contributed by atoms with Gasteiger partial charge in [-0.2, -0.15) is 4.98 Å². The summed E-state index contributed by atoms with van der Waals surface area (Å²) in [5, 5.41) is 4.02. The third kappa shape index (κ3) is 7.49. The van der Waals surface area contributed by atoms with Gasteiger partial charge in [0.1, 0.15) is 24.1 Å². The lowest BCUT2D eigenvalue weighted by atomic mass is 9.85. The fraction of sp³-hybridized carbons (Fsp3) is 0.500. The Morgan fingerprint density at radius 1 is 1.15 bits per heavy atom. The highest BCUT2D eigenvalue weighted by Crippen LogP contribution is 2.32. The van der Waals surface area contributed by atoms with Crippen molar-refractivity contribution in [1.29, 1.82) is 0 Å². The Balaban J connectivity index is 0.00000387. The molecule has 2 fully saturated rings. The summed E-state index contributed by atoms with van der Waals surface area (Å²) >= 11 is 0. The van der Waals surface area contributed by atoms with Gasteiger partial charge in [-0.15, -0.1) is 12.4 Å². The van der Waals surface area contributed by atoms with Crippen molar-refractivity contribution in [2.24, 2.45) is 5.73 Å². The topological polar surface area (TPSA) is 120 Å². The molecule has 41 heavy (non-hydrogen) atoms. The number of halogens is 3. The summed E-state index contributed by atoms with van der Waals surface area (Å²) in [6.07, 6.45) is 3.23. The van der Waals surface area contributed by atoms with Crippen LogP contribution in [0.4, 0.5) is 19.4 Å². The number of carbonyl (C=O) groups is 1. The second kappa shape index (κ2) is 13.5. The number of aromatic nitrogens is 3. The molecule has 3 aromatic rings. The van der Waals surface area contributed by atoms with Crippen molar-refractivity contribution in [3.8, 4) is 11.5 Å². The van der Waals surface area contributed by atoms with E-state index in [2.05, 4.69) is 15.1 Å². The third-order valence-electron chi connectivity index (χ3n) is 7.29. The first-order valence-corrected chi connectivity index (χ1v) is 13.6. The van der Waals surface area contributed by atoms with Crippen LogP contribution in [0.15, 0.2) is 41.1 Å². The second-order valence-corrected chi connectivity index (χ2v) is 10.5. The maximum atomic E-state index is 14.3. The van der Waals surface area contributed by atoms with Crippen molar-refractivity contribution in [2.75, 3.05) is 31.1 Å². The molecule has 0 unspecified atom stereocenters. The molecule has 2 aliphatic rings. The summed E-state index contributed by atoms with van der Waals surface area (Å²) < 4.78 is 44.6. The van der Waals surface area contributed by atoms with Gasteiger partial charge in [0, 0.05) is 44.3 Å². The van der Waals surface area contributed by atoms with Crippen molar-refractivity contribution in [3.05, 3.63) is 59.6 Å². The van der Waals surface area contributed by atoms with Crippen LogP contribution in [0, 0.1) is 11.6 Å². The fourth-order valence-electron chi connectivity index (χ4n) is 5.18. The number of piperidine rings is 2. The highest BCUT2D eigenvalue weighted by molar-refractivity contribution is 5.85. The lowest BCUT2D eigenvalue weighted by Gasteiger charge is -2.37. The molecule has 2 aliphatic heterocycles. The largest absolute Gasteiger partial charge is 0.447 e. The summed E-state index contributed by atoms with van der Waals surface area (Å²) in [6.45, 7) is 6.10. The molecular formula is C28H35ClF2N6O4. The van der Waals surface area contributed by atoms with Crippen molar-refractivity contribution in [3.63, 3.8) is 0 Å². The van der Waals surface area contributed by atoms with Crippen LogP contribution < -0.4 is 10.6 Å². The first kappa shape index (κ1) is 30.6. The van der Waals surface area contributed by atoms with E-state index in [1.165, 1.54) is 6.07 Å². The van der Waals surface area contributed by atoms with E-state index in [0.29, 0.717) is 68.3 Å². The van der Waals surface area contributed by atoms with Crippen LogP contribution in [0.5, 0.6) is 0 Å². The molecule has 2 aromatic heterocycles. The SMILES string of the molecule is CC(C)OC(=O)N1CCC(OCc2noc(-c3ccc(N4CC[C@H](c5cc(F)ccc5F)[C@@H](N)C4)nc3)n2)CC1.Cl. The van der Waals surface area contributed by atoms with E-state index in [0.717, 1.165) is 18.0 Å². The summed E-state index contributed by atoms with van der Waals surface area (Å²) in [5.74, 6) is 0.323. The monoisotopic (exact) mass is 592 g/mol. The Morgan fingerprint density at radius 2 is 1.93 bits per heavy atom. The van der Waals surface area contributed by atoms with Crippen LogP contribution in [0.2, 0.25) is 0 Å². The van der Waals surface area contributed by atoms with Crippen molar-refractivity contribution < 1.29 is 27.6 Å². The average Bonchev–Trinajstić information content (AvgIpc) is 3.42. The number of likely N-dealkylation sites (tertiary alicyclic amines) is 1. The molecule has 0 radical (unpaired) electrons. The molecule has 0 bridgehead atoms. The van der Waals surface area contributed by atoms with Gasteiger partial charge in [0.05, 0.1) is 17.8 Å². The number of nitrogens with zero attached hydrogens (tertiary/aromatic N) is 5. The van der Waals surface area contributed by atoms with Crippen molar-refractivity contribution >= 4 is 24.3 Å². The molecule has 4 heterocycles. The fourth-order valence-corrected chi connectivity index (χ4v) is 5.18. The van der Waals surface area contributed by atoms with Crippen LogP contribution in [0.25, 0.3) is 11.5 Å². The molecular weight excluding hydrogens is 558 g/mol. The Morgan fingerprint density at radius 3 is 2.61 bits per heavy atom. The van der Waals surface area contributed by atoms with E-state index < -0.39 is 11.6 Å². The maximum absolute atomic E-state index is 14.3. The van der Waals surface area contributed by atoms with Gasteiger partial charge in [0.15, 0.2) is 5.82 Å². The number of amides is 1. The number of ether oxygens (including phenoxy) is 2. The highest BCUT2D eigenvalue weighted by atomic mass is 35.5. The number of hydrogen-bond donors (Lipinski definition) is 1. The molecule has 5 rings (SSSR count). The summed E-state index contributed by atoms with van der Waals surface area (Å²) in [5.41, 5.74) is 7.36. The van der Waals surface area contributed by atoms with Crippen LogP contribution >= 0.6 is 12.4 Å². The van der Waals surface area contributed by atoms with E-state index in [1.807, 2.05) is 30.9 Å². The molecule has 10 nitrogen and oxygen atoms in total. The molecule has 0 saturated carbocycles. The van der Waals surface area contributed by atoms with Gasteiger partial charge < -0.3 is 29.5 Å². The smallest absolute Gasteiger partial charge is 0.410 e. The molecule has 0 spiro atoms. The maximum Gasteiger partial charge on any atom is 0.410 e. The Hall–Kier alpha value is -3.35.